The molecule has 2 aliphatic rings. The number of hydrogen-bond acceptors (Lipinski definition) is 3. The Hall–Kier alpha value is -0.163. The summed E-state index contributed by atoms with van der Waals surface area (Å²) in [6, 6.07) is 0. The van der Waals surface area contributed by atoms with Crippen LogP contribution in [0.3, 0.4) is 0 Å². The number of rotatable bonds is 7. The molecule has 0 saturated heterocycles. The van der Waals surface area contributed by atoms with E-state index in [2.05, 4.69) is 12.2 Å². The summed E-state index contributed by atoms with van der Waals surface area (Å²) in [4.78, 5) is 0. The lowest BCUT2D eigenvalue weighted by atomic mass is 10.1. The minimum atomic E-state index is -2.47. The van der Waals surface area contributed by atoms with Gasteiger partial charge in [0.15, 0.2) is 0 Å². The van der Waals surface area contributed by atoms with Crippen LogP contribution in [0.2, 0.25) is 5.54 Å². The van der Waals surface area contributed by atoms with Gasteiger partial charge in [0.2, 0.25) is 0 Å². The summed E-state index contributed by atoms with van der Waals surface area (Å²) in [6.45, 7) is 8.14. The van der Waals surface area contributed by atoms with Gasteiger partial charge in [-0.2, -0.15) is 0 Å². The maximum Gasteiger partial charge on any atom is 0.504 e. The van der Waals surface area contributed by atoms with Crippen molar-refractivity contribution in [3.8, 4) is 0 Å². The first kappa shape index (κ1) is 13.3. The molecule has 2 aliphatic carbocycles. The molecule has 4 heteroatoms. The number of allylic oxidation sites excluding steroid dienone is 2. The predicted octanol–water partition coefficient (Wildman–Crippen LogP) is 3.00. The molecule has 2 rings (SSSR count). The molecule has 1 fully saturated rings. The van der Waals surface area contributed by atoms with Crippen LogP contribution >= 0.6 is 0 Å². The summed E-state index contributed by atoms with van der Waals surface area (Å²) in [5.41, 5.74) is 0.484. The van der Waals surface area contributed by atoms with Crippen molar-refractivity contribution in [3.63, 3.8) is 0 Å². The first-order chi connectivity index (χ1) is 8.25. The average molecular weight is 256 g/mol. The maximum absolute atomic E-state index is 6.01. The average Bonchev–Trinajstić information content (AvgIpc) is 2.91. The summed E-state index contributed by atoms with van der Waals surface area (Å²) in [7, 11) is -2.47. The lowest BCUT2D eigenvalue weighted by molar-refractivity contribution is 0.0578. The highest BCUT2D eigenvalue weighted by atomic mass is 28.4. The SMILES string of the molecule is CCO[Si](OCC)(OCC)[C@@H]1C[C@H]2C=C[C@H]1C2. The Labute approximate surface area is 106 Å². The molecule has 3 atom stereocenters. The Balaban J connectivity index is 2.15. The van der Waals surface area contributed by atoms with Crippen molar-refractivity contribution in [2.45, 2.75) is 39.2 Å². The van der Waals surface area contributed by atoms with E-state index < -0.39 is 8.80 Å². The van der Waals surface area contributed by atoms with Crippen molar-refractivity contribution in [3.05, 3.63) is 12.2 Å². The Morgan fingerprint density at radius 1 is 0.941 bits per heavy atom. The van der Waals surface area contributed by atoms with Gasteiger partial charge in [-0.1, -0.05) is 12.2 Å². The highest BCUT2D eigenvalue weighted by Gasteiger charge is 2.56. The summed E-state index contributed by atoms with van der Waals surface area (Å²) in [5, 5.41) is 0. The van der Waals surface area contributed by atoms with E-state index in [0.29, 0.717) is 31.3 Å². The molecule has 0 aliphatic heterocycles. The van der Waals surface area contributed by atoms with Crippen molar-refractivity contribution in [1.82, 2.24) is 0 Å². The minimum Gasteiger partial charge on any atom is -0.374 e. The molecule has 3 nitrogen and oxygen atoms in total. The van der Waals surface area contributed by atoms with E-state index in [0.717, 1.165) is 5.92 Å². The first-order valence-corrected chi connectivity index (χ1v) is 8.66. The summed E-state index contributed by atoms with van der Waals surface area (Å²) in [6.07, 6.45) is 7.15. The number of fused-ring (bicyclic) bond motifs is 2. The fourth-order valence-electron chi connectivity index (χ4n) is 3.24. The Bertz CT molecular complexity index is 263. The molecule has 0 amide bonds. The third-order valence-corrected chi connectivity index (χ3v) is 7.41. The van der Waals surface area contributed by atoms with E-state index in [1.807, 2.05) is 20.8 Å². The monoisotopic (exact) mass is 256 g/mol. The normalized spacial score (nSPS) is 31.4. The minimum absolute atomic E-state index is 0.484. The van der Waals surface area contributed by atoms with Crippen molar-refractivity contribution in [2.75, 3.05) is 19.8 Å². The Kier molecular flexibility index (Phi) is 4.41. The second-order valence-electron chi connectivity index (χ2n) is 4.79. The van der Waals surface area contributed by atoms with Crippen LogP contribution in [-0.4, -0.2) is 28.6 Å². The molecule has 0 aromatic carbocycles. The molecule has 0 N–H and O–H groups in total. The summed E-state index contributed by atoms with van der Waals surface area (Å²) >= 11 is 0. The van der Waals surface area contributed by atoms with Crippen LogP contribution in [0.15, 0.2) is 12.2 Å². The van der Waals surface area contributed by atoms with Crippen LogP contribution in [0.25, 0.3) is 0 Å². The van der Waals surface area contributed by atoms with Crippen LogP contribution < -0.4 is 0 Å². The molecule has 2 bridgehead atoms. The standard InChI is InChI=1S/C13H24O3Si/c1-4-14-17(15-5-2,16-6-3)13-10-11-7-8-12(13)9-11/h7-8,11-13H,4-6,9-10H2,1-3H3/t11-,12-,13+/m0/s1. The Morgan fingerprint density at radius 3 is 1.88 bits per heavy atom. The highest BCUT2D eigenvalue weighted by molar-refractivity contribution is 6.62. The largest absolute Gasteiger partial charge is 0.504 e. The van der Waals surface area contributed by atoms with Gasteiger partial charge in [-0.3, -0.25) is 0 Å². The molecule has 0 heterocycles. The van der Waals surface area contributed by atoms with E-state index in [-0.39, 0.29) is 0 Å². The van der Waals surface area contributed by atoms with Gasteiger partial charge in [0.05, 0.1) is 0 Å². The van der Waals surface area contributed by atoms with Crippen LogP contribution in [0, 0.1) is 11.8 Å². The van der Waals surface area contributed by atoms with Crippen LogP contribution in [0.1, 0.15) is 33.6 Å². The molecule has 0 aromatic heterocycles. The third-order valence-electron chi connectivity index (χ3n) is 3.77. The number of hydrogen-bond donors (Lipinski definition) is 0. The molecule has 0 spiro atoms. The van der Waals surface area contributed by atoms with Gasteiger partial charge in [-0.25, -0.2) is 0 Å². The van der Waals surface area contributed by atoms with Gasteiger partial charge in [-0.05, 0) is 45.4 Å². The quantitative estimate of drug-likeness (QED) is 0.518. The molecule has 1 saturated carbocycles. The van der Waals surface area contributed by atoms with E-state index in [4.69, 9.17) is 13.3 Å². The van der Waals surface area contributed by atoms with Gasteiger partial charge in [0.1, 0.15) is 0 Å². The predicted molar refractivity (Wildman–Crippen MR) is 69.7 cm³/mol. The Morgan fingerprint density at radius 2 is 1.53 bits per heavy atom. The summed E-state index contributed by atoms with van der Waals surface area (Å²) < 4.78 is 18.0. The highest BCUT2D eigenvalue weighted by Crippen LogP contribution is 2.52. The fourth-order valence-corrected chi connectivity index (χ4v) is 6.70. The van der Waals surface area contributed by atoms with Gasteiger partial charge in [0, 0.05) is 25.4 Å². The van der Waals surface area contributed by atoms with E-state index in [1.54, 1.807) is 0 Å². The lowest BCUT2D eigenvalue weighted by Gasteiger charge is -2.36. The molecule has 0 aromatic rings. The van der Waals surface area contributed by atoms with Gasteiger partial charge >= 0.3 is 8.80 Å². The van der Waals surface area contributed by atoms with Gasteiger partial charge in [-0.15, -0.1) is 0 Å². The topological polar surface area (TPSA) is 27.7 Å². The van der Waals surface area contributed by atoms with Crippen LogP contribution in [0.5, 0.6) is 0 Å². The van der Waals surface area contributed by atoms with Crippen molar-refractivity contribution < 1.29 is 13.3 Å². The zero-order chi connectivity index (χ0) is 12.3. The lowest BCUT2D eigenvalue weighted by Crippen LogP contribution is -2.51. The third kappa shape index (κ3) is 2.50. The van der Waals surface area contributed by atoms with E-state index in [9.17, 15) is 0 Å². The molecule has 17 heavy (non-hydrogen) atoms. The zero-order valence-electron chi connectivity index (χ0n) is 11.1. The fraction of sp³-hybridized carbons (Fsp3) is 0.846. The second kappa shape index (κ2) is 5.65. The smallest absolute Gasteiger partial charge is 0.374 e. The molecule has 0 radical (unpaired) electrons. The first-order valence-electron chi connectivity index (χ1n) is 6.85. The summed E-state index contributed by atoms with van der Waals surface area (Å²) in [5.74, 6) is 1.36. The molecular weight excluding hydrogens is 232 g/mol. The van der Waals surface area contributed by atoms with Crippen LogP contribution in [0.4, 0.5) is 0 Å². The van der Waals surface area contributed by atoms with Crippen molar-refractivity contribution in [2.24, 2.45) is 11.8 Å². The van der Waals surface area contributed by atoms with Gasteiger partial charge < -0.3 is 13.3 Å². The molecule has 0 unspecified atom stereocenters. The zero-order valence-corrected chi connectivity index (χ0v) is 12.1. The molecular formula is C13H24O3Si. The van der Waals surface area contributed by atoms with Crippen LogP contribution in [-0.2, 0) is 13.3 Å². The second-order valence-corrected chi connectivity index (χ2v) is 7.60. The molecule has 98 valence electrons. The maximum atomic E-state index is 6.01. The van der Waals surface area contributed by atoms with E-state index >= 15 is 0 Å². The van der Waals surface area contributed by atoms with Gasteiger partial charge in [0.25, 0.3) is 0 Å². The van der Waals surface area contributed by atoms with E-state index in [1.165, 1.54) is 12.8 Å². The van der Waals surface area contributed by atoms with Crippen molar-refractivity contribution >= 4 is 8.80 Å². The van der Waals surface area contributed by atoms with Crippen molar-refractivity contribution in [1.29, 1.82) is 0 Å².